The SMILES string of the molecule is O=C(Oc1ccc2c(Oc3ccc(NC(=O)C4(C(=O)Nc5ccccc5)CC4)cc3)ccnc2c1)N1CCOCC1. The summed E-state index contributed by atoms with van der Waals surface area (Å²) in [7, 11) is 0. The molecule has 3 amide bonds. The maximum atomic E-state index is 13.0. The van der Waals surface area contributed by atoms with E-state index in [0.29, 0.717) is 73.3 Å². The number of benzene rings is 3. The summed E-state index contributed by atoms with van der Waals surface area (Å²) in [6.45, 7) is 1.98. The predicted molar refractivity (Wildman–Crippen MR) is 152 cm³/mol. The van der Waals surface area contributed by atoms with Crippen LogP contribution >= 0.6 is 0 Å². The Morgan fingerprint density at radius 2 is 1.46 bits per heavy atom. The summed E-state index contributed by atoms with van der Waals surface area (Å²) in [5, 5.41) is 6.44. The molecule has 10 nitrogen and oxygen atoms in total. The van der Waals surface area contributed by atoms with Crippen LogP contribution in [0.25, 0.3) is 10.9 Å². The first-order valence-corrected chi connectivity index (χ1v) is 13.4. The summed E-state index contributed by atoms with van der Waals surface area (Å²) >= 11 is 0. The summed E-state index contributed by atoms with van der Waals surface area (Å²) in [4.78, 5) is 44.2. The first-order valence-electron chi connectivity index (χ1n) is 13.4. The molecule has 0 radical (unpaired) electrons. The minimum atomic E-state index is -1.06. The van der Waals surface area contributed by atoms with Gasteiger partial charge in [-0.2, -0.15) is 0 Å². The minimum absolute atomic E-state index is 0.301. The second-order valence-corrected chi connectivity index (χ2v) is 9.94. The van der Waals surface area contributed by atoms with E-state index in [1.165, 1.54) is 0 Å². The smallest absolute Gasteiger partial charge is 0.415 e. The standard InChI is InChI=1S/C31H28N4O6/c36-28(33-21-4-2-1-3-5-21)31(13-14-31)29(37)34-22-6-8-23(9-7-22)40-27-12-15-32-26-20-24(10-11-25(26)27)41-30(38)35-16-18-39-19-17-35/h1-12,15,20H,13-14,16-19H2,(H,33,36)(H,34,37). The number of rotatable bonds is 7. The molecule has 4 aromatic rings. The first kappa shape index (κ1) is 26.3. The van der Waals surface area contributed by atoms with Crippen LogP contribution in [0.2, 0.25) is 0 Å². The number of anilines is 2. The number of nitrogens with one attached hydrogen (secondary N) is 2. The van der Waals surface area contributed by atoms with Gasteiger partial charge in [0.15, 0.2) is 0 Å². The van der Waals surface area contributed by atoms with E-state index in [-0.39, 0.29) is 11.8 Å². The van der Waals surface area contributed by atoms with Gasteiger partial charge in [0.1, 0.15) is 22.7 Å². The molecule has 0 unspecified atom stereocenters. The number of carbonyl (C=O) groups is 3. The molecule has 1 saturated carbocycles. The van der Waals surface area contributed by atoms with Crippen molar-refractivity contribution in [3.05, 3.63) is 85.1 Å². The van der Waals surface area contributed by atoms with Crippen molar-refractivity contribution in [3.8, 4) is 17.2 Å². The molecule has 1 aliphatic heterocycles. The van der Waals surface area contributed by atoms with Crippen molar-refractivity contribution in [1.82, 2.24) is 9.88 Å². The van der Waals surface area contributed by atoms with Crippen LogP contribution in [0, 0.1) is 5.41 Å². The van der Waals surface area contributed by atoms with Crippen LogP contribution in [0.1, 0.15) is 12.8 Å². The van der Waals surface area contributed by atoms with Crippen molar-refractivity contribution in [2.24, 2.45) is 5.41 Å². The summed E-state index contributed by atoms with van der Waals surface area (Å²) in [6.07, 6.45) is 2.20. The molecule has 2 N–H and O–H groups in total. The van der Waals surface area contributed by atoms with Gasteiger partial charge in [-0.1, -0.05) is 18.2 Å². The summed E-state index contributed by atoms with van der Waals surface area (Å²) in [6, 6.07) is 23.0. The summed E-state index contributed by atoms with van der Waals surface area (Å²) in [5.41, 5.74) is 0.776. The van der Waals surface area contributed by atoms with Gasteiger partial charge in [-0.05, 0) is 67.4 Å². The lowest BCUT2D eigenvalue weighted by atomic mass is 10.0. The number of pyridine rings is 1. The number of hydrogen-bond donors (Lipinski definition) is 2. The van der Waals surface area contributed by atoms with Gasteiger partial charge in [-0.3, -0.25) is 14.6 Å². The van der Waals surface area contributed by atoms with Crippen LogP contribution in [-0.2, 0) is 14.3 Å². The van der Waals surface area contributed by atoms with E-state index < -0.39 is 11.5 Å². The molecule has 3 aromatic carbocycles. The Hall–Kier alpha value is -4.96. The molecule has 2 aliphatic rings. The molecular formula is C31H28N4O6. The molecule has 0 spiro atoms. The van der Waals surface area contributed by atoms with Crippen LogP contribution in [-0.4, -0.2) is 54.1 Å². The zero-order valence-corrected chi connectivity index (χ0v) is 22.2. The highest BCUT2D eigenvalue weighted by Crippen LogP contribution is 2.47. The molecular weight excluding hydrogens is 524 g/mol. The number of aromatic nitrogens is 1. The molecule has 2 fully saturated rings. The fourth-order valence-corrected chi connectivity index (χ4v) is 4.60. The maximum Gasteiger partial charge on any atom is 0.415 e. The van der Waals surface area contributed by atoms with Gasteiger partial charge in [0.05, 0.1) is 18.7 Å². The fraction of sp³-hybridized carbons (Fsp3) is 0.226. The van der Waals surface area contributed by atoms with Crippen molar-refractivity contribution in [3.63, 3.8) is 0 Å². The van der Waals surface area contributed by atoms with Crippen LogP contribution < -0.4 is 20.1 Å². The number of amides is 3. The van der Waals surface area contributed by atoms with Gasteiger partial charge in [-0.25, -0.2) is 4.79 Å². The second kappa shape index (κ2) is 11.3. The zero-order valence-electron chi connectivity index (χ0n) is 22.2. The normalized spacial score (nSPS) is 15.6. The molecule has 2 heterocycles. The van der Waals surface area contributed by atoms with E-state index in [2.05, 4.69) is 15.6 Å². The number of morpholine rings is 1. The fourth-order valence-electron chi connectivity index (χ4n) is 4.60. The number of para-hydroxylation sites is 1. The third-order valence-electron chi connectivity index (χ3n) is 7.14. The molecule has 0 atom stereocenters. The summed E-state index contributed by atoms with van der Waals surface area (Å²) in [5.74, 6) is 0.896. The molecule has 1 aliphatic carbocycles. The van der Waals surface area contributed by atoms with E-state index in [4.69, 9.17) is 14.2 Å². The van der Waals surface area contributed by atoms with Crippen molar-refractivity contribution < 1.29 is 28.6 Å². The lowest BCUT2D eigenvalue weighted by Gasteiger charge is -2.25. The Morgan fingerprint density at radius 3 is 2.15 bits per heavy atom. The van der Waals surface area contributed by atoms with E-state index in [9.17, 15) is 14.4 Å². The van der Waals surface area contributed by atoms with Crippen LogP contribution in [0.4, 0.5) is 16.2 Å². The Morgan fingerprint density at radius 1 is 0.805 bits per heavy atom. The number of hydrogen-bond acceptors (Lipinski definition) is 7. The zero-order chi connectivity index (χ0) is 28.2. The largest absolute Gasteiger partial charge is 0.457 e. The van der Waals surface area contributed by atoms with E-state index >= 15 is 0 Å². The topological polar surface area (TPSA) is 119 Å². The molecule has 41 heavy (non-hydrogen) atoms. The van der Waals surface area contributed by atoms with Crippen LogP contribution in [0.15, 0.2) is 85.1 Å². The Bertz CT molecular complexity index is 1580. The predicted octanol–water partition coefficient (Wildman–Crippen LogP) is 5.22. The van der Waals surface area contributed by atoms with Gasteiger partial charge in [-0.15, -0.1) is 0 Å². The Balaban J connectivity index is 1.09. The minimum Gasteiger partial charge on any atom is -0.457 e. The molecule has 6 rings (SSSR count). The molecule has 208 valence electrons. The lowest BCUT2D eigenvalue weighted by molar-refractivity contribution is -0.131. The molecule has 1 aromatic heterocycles. The molecule has 1 saturated heterocycles. The van der Waals surface area contributed by atoms with Gasteiger partial charge in [0, 0.05) is 42.1 Å². The van der Waals surface area contributed by atoms with Gasteiger partial charge >= 0.3 is 6.09 Å². The van der Waals surface area contributed by atoms with Crippen molar-refractivity contribution >= 4 is 40.2 Å². The van der Waals surface area contributed by atoms with Crippen LogP contribution in [0.3, 0.4) is 0 Å². The maximum absolute atomic E-state index is 13.0. The molecule has 10 heteroatoms. The Labute approximate surface area is 236 Å². The Kier molecular flexibility index (Phi) is 7.22. The summed E-state index contributed by atoms with van der Waals surface area (Å²) < 4.78 is 16.9. The lowest BCUT2D eigenvalue weighted by Crippen LogP contribution is -2.42. The first-order chi connectivity index (χ1) is 20.0. The number of ether oxygens (including phenoxy) is 3. The van der Waals surface area contributed by atoms with Gasteiger partial charge < -0.3 is 29.7 Å². The number of carbonyl (C=O) groups excluding carboxylic acids is 3. The monoisotopic (exact) mass is 552 g/mol. The number of fused-ring (bicyclic) bond motifs is 1. The number of nitrogens with zero attached hydrogens (tertiary/aromatic N) is 2. The van der Waals surface area contributed by atoms with Crippen molar-refractivity contribution in [2.75, 3.05) is 36.9 Å². The van der Waals surface area contributed by atoms with E-state index in [0.717, 1.165) is 5.39 Å². The average Bonchev–Trinajstić information content (AvgIpc) is 3.82. The van der Waals surface area contributed by atoms with Crippen LogP contribution in [0.5, 0.6) is 17.2 Å². The third kappa shape index (κ3) is 5.82. The van der Waals surface area contributed by atoms with E-state index in [1.807, 2.05) is 18.2 Å². The molecule has 0 bridgehead atoms. The third-order valence-corrected chi connectivity index (χ3v) is 7.14. The van der Waals surface area contributed by atoms with E-state index in [1.54, 1.807) is 71.8 Å². The highest BCUT2D eigenvalue weighted by atomic mass is 16.6. The van der Waals surface area contributed by atoms with Crippen molar-refractivity contribution in [1.29, 1.82) is 0 Å². The highest BCUT2D eigenvalue weighted by molar-refractivity contribution is 6.16. The quantitative estimate of drug-likeness (QED) is 0.302. The van der Waals surface area contributed by atoms with Crippen molar-refractivity contribution in [2.45, 2.75) is 12.8 Å². The average molecular weight is 553 g/mol. The van der Waals surface area contributed by atoms with Gasteiger partial charge in [0.2, 0.25) is 11.8 Å². The highest BCUT2D eigenvalue weighted by Gasteiger charge is 2.56. The second-order valence-electron chi connectivity index (χ2n) is 9.94. The van der Waals surface area contributed by atoms with Gasteiger partial charge in [0.25, 0.3) is 0 Å².